The van der Waals surface area contributed by atoms with Gasteiger partial charge in [-0.05, 0) is 24.6 Å². The van der Waals surface area contributed by atoms with E-state index in [0.29, 0.717) is 6.04 Å². The highest BCUT2D eigenvalue weighted by Gasteiger charge is 2.11. The molecule has 0 aliphatic carbocycles. The second-order valence-electron chi connectivity index (χ2n) is 5.53. The van der Waals surface area contributed by atoms with Gasteiger partial charge in [0.15, 0.2) is 0 Å². The van der Waals surface area contributed by atoms with E-state index in [1.165, 1.54) is 16.1 Å². The van der Waals surface area contributed by atoms with Crippen molar-refractivity contribution < 1.29 is 0 Å². The molecule has 1 aromatic heterocycles. The number of thiazole rings is 1. The summed E-state index contributed by atoms with van der Waals surface area (Å²) in [5.41, 5.74) is 5.44. The maximum Gasteiger partial charge on any atom is 0.0798 e. The number of halogens is 1. The number of benzene rings is 1. The number of aromatic nitrogens is 1. The first-order valence-corrected chi connectivity index (χ1v) is 8.35. The predicted octanol–water partition coefficient (Wildman–Crippen LogP) is 4.24. The normalized spacial score (nSPS) is 11.1. The van der Waals surface area contributed by atoms with Gasteiger partial charge in [-0.25, -0.2) is 4.98 Å². The van der Waals surface area contributed by atoms with Crippen LogP contribution in [-0.2, 0) is 13.1 Å². The van der Waals surface area contributed by atoms with Crippen LogP contribution < -0.4 is 10.2 Å². The molecule has 0 amide bonds. The summed E-state index contributed by atoms with van der Waals surface area (Å²) in [5, 5.41) is 4.24. The van der Waals surface area contributed by atoms with Crippen molar-refractivity contribution in [1.82, 2.24) is 10.3 Å². The summed E-state index contributed by atoms with van der Waals surface area (Å²) in [5.74, 6) is 0. The van der Waals surface area contributed by atoms with E-state index in [4.69, 9.17) is 11.6 Å². The van der Waals surface area contributed by atoms with Crippen LogP contribution in [0.2, 0.25) is 5.02 Å². The van der Waals surface area contributed by atoms with Crippen LogP contribution in [0.4, 0.5) is 5.69 Å². The van der Waals surface area contributed by atoms with E-state index < -0.39 is 0 Å². The number of anilines is 1. The fraction of sp³-hybridized carbons (Fsp3) is 0.438. The van der Waals surface area contributed by atoms with Crippen molar-refractivity contribution in [2.45, 2.75) is 39.9 Å². The average Bonchev–Trinajstić information content (AvgIpc) is 2.82. The molecule has 0 spiro atoms. The van der Waals surface area contributed by atoms with Crippen LogP contribution in [0.15, 0.2) is 23.7 Å². The molecular weight excluding hydrogens is 302 g/mol. The third kappa shape index (κ3) is 4.43. The minimum Gasteiger partial charge on any atom is -0.369 e. The standard InChI is InChI=1S/C16H22ClN3S/c1-11(2)18-8-13-5-6-14(17)7-15(13)20(4)9-16-12(3)19-10-21-16/h5-7,10-11,18H,8-9H2,1-4H3. The van der Waals surface area contributed by atoms with Gasteiger partial charge in [0.2, 0.25) is 0 Å². The smallest absolute Gasteiger partial charge is 0.0798 e. The molecule has 21 heavy (non-hydrogen) atoms. The molecule has 0 aliphatic rings. The maximum atomic E-state index is 6.18. The molecule has 0 saturated heterocycles. The van der Waals surface area contributed by atoms with Crippen LogP contribution in [0.3, 0.4) is 0 Å². The highest BCUT2D eigenvalue weighted by Crippen LogP contribution is 2.26. The van der Waals surface area contributed by atoms with Crippen molar-refractivity contribution in [1.29, 1.82) is 0 Å². The largest absolute Gasteiger partial charge is 0.369 e. The van der Waals surface area contributed by atoms with E-state index in [9.17, 15) is 0 Å². The van der Waals surface area contributed by atoms with Crippen molar-refractivity contribution in [2.24, 2.45) is 0 Å². The molecule has 2 aromatic rings. The van der Waals surface area contributed by atoms with Crippen LogP contribution in [0.5, 0.6) is 0 Å². The lowest BCUT2D eigenvalue weighted by molar-refractivity contribution is 0.588. The van der Waals surface area contributed by atoms with E-state index >= 15 is 0 Å². The Labute approximate surface area is 136 Å². The fourth-order valence-corrected chi connectivity index (χ4v) is 3.13. The summed E-state index contributed by atoms with van der Waals surface area (Å²) in [6.07, 6.45) is 0. The molecule has 0 unspecified atom stereocenters. The molecule has 0 atom stereocenters. The molecule has 0 bridgehead atoms. The minimum absolute atomic E-state index is 0.461. The van der Waals surface area contributed by atoms with E-state index in [0.717, 1.165) is 23.8 Å². The lowest BCUT2D eigenvalue weighted by atomic mass is 10.1. The van der Waals surface area contributed by atoms with Gasteiger partial charge in [0.1, 0.15) is 0 Å². The molecule has 114 valence electrons. The van der Waals surface area contributed by atoms with Gasteiger partial charge in [-0.3, -0.25) is 0 Å². The summed E-state index contributed by atoms with van der Waals surface area (Å²) in [7, 11) is 2.10. The van der Waals surface area contributed by atoms with E-state index in [1.54, 1.807) is 11.3 Å². The maximum absolute atomic E-state index is 6.18. The average molecular weight is 324 g/mol. The molecule has 1 aromatic carbocycles. The van der Waals surface area contributed by atoms with Crippen LogP contribution in [0.1, 0.15) is 30.0 Å². The molecule has 0 radical (unpaired) electrons. The zero-order chi connectivity index (χ0) is 15.4. The number of hydrogen-bond donors (Lipinski definition) is 1. The van der Waals surface area contributed by atoms with Gasteiger partial charge in [0, 0.05) is 35.2 Å². The first kappa shape index (κ1) is 16.3. The summed E-state index contributed by atoms with van der Waals surface area (Å²) in [6.45, 7) is 8.06. The molecule has 1 heterocycles. The highest BCUT2D eigenvalue weighted by atomic mass is 35.5. The summed E-state index contributed by atoms with van der Waals surface area (Å²) < 4.78 is 0. The Hall–Kier alpha value is -1.10. The van der Waals surface area contributed by atoms with Crippen molar-refractivity contribution in [2.75, 3.05) is 11.9 Å². The summed E-state index contributed by atoms with van der Waals surface area (Å²) in [6, 6.07) is 6.55. The predicted molar refractivity (Wildman–Crippen MR) is 92.4 cm³/mol. The molecule has 2 rings (SSSR count). The zero-order valence-electron chi connectivity index (χ0n) is 13.0. The van der Waals surface area contributed by atoms with Gasteiger partial charge < -0.3 is 10.2 Å². The second kappa shape index (κ2) is 7.25. The van der Waals surface area contributed by atoms with E-state index in [1.807, 2.05) is 17.6 Å². The van der Waals surface area contributed by atoms with Gasteiger partial charge in [-0.1, -0.05) is 31.5 Å². The number of nitrogens with zero attached hydrogens (tertiary/aromatic N) is 2. The van der Waals surface area contributed by atoms with Gasteiger partial charge in [-0.15, -0.1) is 11.3 Å². The first-order chi connectivity index (χ1) is 9.97. The van der Waals surface area contributed by atoms with Gasteiger partial charge in [0.25, 0.3) is 0 Å². The molecule has 3 nitrogen and oxygen atoms in total. The van der Waals surface area contributed by atoms with Crippen molar-refractivity contribution in [3.63, 3.8) is 0 Å². The summed E-state index contributed by atoms with van der Waals surface area (Å²) in [4.78, 5) is 7.85. The fourth-order valence-electron chi connectivity index (χ4n) is 2.13. The van der Waals surface area contributed by atoms with Crippen LogP contribution in [-0.4, -0.2) is 18.1 Å². The molecule has 0 saturated carbocycles. The quantitative estimate of drug-likeness (QED) is 0.861. The van der Waals surface area contributed by atoms with E-state index in [2.05, 4.69) is 49.1 Å². The van der Waals surface area contributed by atoms with Crippen molar-refractivity contribution >= 4 is 28.6 Å². The number of aryl methyl sites for hydroxylation is 1. The lowest BCUT2D eigenvalue weighted by Crippen LogP contribution is -2.24. The van der Waals surface area contributed by atoms with E-state index in [-0.39, 0.29) is 0 Å². The van der Waals surface area contributed by atoms with Gasteiger partial charge in [-0.2, -0.15) is 0 Å². The van der Waals surface area contributed by atoms with Crippen molar-refractivity contribution in [3.05, 3.63) is 44.9 Å². The van der Waals surface area contributed by atoms with Crippen molar-refractivity contribution in [3.8, 4) is 0 Å². The minimum atomic E-state index is 0.461. The molecular formula is C16H22ClN3S. The van der Waals surface area contributed by atoms with Crippen LogP contribution >= 0.6 is 22.9 Å². The first-order valence-electron chi connectivity index (χ1n) is 7.09. The Bertz CT molecular complexity index is 595. The molecule has 1 N–H and O–H groups in total. The SMILES string of the molecule is Cc1ncsc1CN(C)c1cc(Cl)ccc1CNC(C)C. The molecule has 5 heteroatoms. The third-order valence-corrected chi connectivity index (χ3v) is 4.54. The lowest BCUT2D eigenvalue weighted by Gasteiger charge is -2.23. The Morgan fingerprint density at radius 1 is 1.38 bits per heavy atom. The van der Waals surface area contributed by atoms with Crippen LogP contribution in [0, 0.1) is 6.92 Å². The topological polar surface area (TPSA) is 28.2 Å². The zero-order valence-corrected chi connectivity index (χ0v) is 14.6. The Morgan fingerprint density at radius 2 is 2.14 bits per heavy atom. The number of rotatable bonds is 6. The van der Waals surface area contributed by atoms with Crippen LogP contribution in [0.25, 0.3) is 0 Å². The molecule has 0 fully saturated rings. The van der Waals surface area contributed by atoms with Gasteiger partial charge >= 0.3 is 0 Å². The van der Waals surface area contributed by atoms with Gasteiger partial charge in [0.05, 0.1) is 17.7 Å². The second-order valence-corrected chi connectivity index (χ2v) is 6.90. The third-order valence-electron chi connectivity index (χ3n) is 3.38. The number of nitrogens with one attached hydrogen (secondary N) is 1. The monoisotopic (exact) mass is 323 g/mol. The Morgan fingerprint density at radius 3 is 2.76 bits per heavy atom. The summed E-state index contributed by atoms with van der Waals surface area (Å²) >= 11 is 7.88. The Kier molecular flexibility index (Phi) is 5.62. The number of hydrogen-bond acceptors (Lipinski definition) is 4. The Balaban J connectivity index is 2.20. The highest BCUT2D eigenvalue weighted by molar-refractivity contribution is 7.09. The molecule has 0 aliphatic heterocycles.